The van der Waals surface area contributed by atoms with E-state index in [1.165, 1.54) is 6.92 Å². The molecule has 6 atom stereocenters. The van der Waals surface area contributed by atoms with Crippen LogP contribution in [0.15, 0.2) is 53.0 Å². The molecular formula is C21H21BrO7. The number of fused-ring (bicyclic) bond motifs is 1. The lowest BCUT2D eigenvalue weighted by atomic mass is 9.98. The third-order valence-electron chi connectivity index (χ3n) is 4.97. The highest BCUT2D eigenvalue weighted by molar-refractivity contribution is 9.10. The standard InChI is InChI=1S/C21H21BrO7/c1-11(23)12-5-7-15(8-6-12)27-21-18(25)17(24)19-16(28-21)10-26-20(29-19)13-3-2-4-14(22)9-13/h2-9,16-21,24-25H,10H2,1H3/t16-,17-,18-,19-,20-,21-/m0/s1. The van der Waals surface area contributed by atoms with Crippen molar-refractivity contribution in [3.63, 3.8) is 0 Å². The summed E-state index contributed by atoms with van der Waals surface area (Å²) < 4.78 is 24.0. The van der Waals surface area contributed by atoms with Crippen LogP contribution in [-0.4, -0.2) is 53.3 Å². The van der Waals surface area contributed by atoms with Gasteiger partial charge < -0.3 is 29.2 Å². The zero-order valence-corrected chi connectivity index (χ0v) is 17.2. The lowest BCUT2D eigenvalue weighted by molar-refractivity contribution is -0.350. The van der Waals surface area contributed by atoms with E-state index in [-0.39, 0.29) is 12.4 Å². The molecule has 2 N–H and O–H groups in total. The summed E-state index contributed by atoms with van der Waals surface area (Å²) in [6, 6.07) is 14.0. The fraction of sp³-hybridized carbons (Fsp3) is 0.381. The Hall–Kier alpha value is -1.81. The Morgan fingerprint density at radius 2 is 1.86 bits per heavy atom. The Morgan fingerprint density at radius 1 is 1.10 bits per heavy atom. The van der Waals surface area contributed by atoms with E-state index in [1.54, 1.807) is 24.3 Å². The molecule has 2 saturated heterocycles. The van der Waals surface area contributed by atoms with Crippen molar-refractivity contribution in [1.82, 2.24) is 0 Å². The molecule has 2 heterocycles. The van der Waals surface area contributed by atoms with Gasteiger partial charge in [0.1, 0.15) is 30.2 Å². The number of rotatable bonds is 4. The van der Waals surface area contributed by atoms with Gasteiger partial charge in [-0.3, -0.25) is 4.79 Å². The molecule has 2 aliphatic rings. The van der Waals surface area contributed by atoms with Crippen LogP contribution in [0, 0.1) is 0 Å². The van der Waals surface area contributed by atoms with Gasteiger partial charge >= 0.3 is 0 Å². The smallest absolute Gasteiger partial charge is 0.229 e. The van der Waals surface area contributed by atoms with Crippen molar-refractivity contribution in [2.24, 2.45) is 0 Å². The lowest BCUT2D eigenvalue weighted by Crippen LogP contribution is -2.62. The van der Waals surface area contributed by atoms with Crippen molar-refractivity contribution in [2.45, 2.75) is 43.9 Å². The normalized spacial score (nSPS) is 31.7. The molecule has 4 rings (SSSR count). The molecule has 0 aliphatic carbocycles. The highest BCUT2D eigenvalue weighted by atomic mass is 79.9. The van der Waals surface area contributed by atoms with Crippen molar-refractivity contribution < 1.29 is 34.0 Å². The maximum atomic E-state index is 11.4. The van der Waals surface area contributed by atoms with E-state index in [1.807, 2.05) is 24.3 Å². The molecule has 7 nitrogen and oxygen atoms in total. The van der Waals surface area contributed by atoms with E-state index in [0.717, 1.165) is 10.0 Å². The third kappa shape index (κ3) is 4.37. The van der Waals surface area contributed by atoms with E-state index in [0.29, 0.717) is 11.3 Å². The Morgan fingerprint density at radius 3 is 2.55 bits per heavy atom. The molecule has 29 heavy (non-hydrogen) atoms. The van der Waals surface area contributed by atoms with Crippen molar-refractivity contribution in [3.05, 3.63) is 64.1 Å². The summed E-state index contributed by atoms with van der Waals surface area (Å²) >= 11 is 3.41. The molecule has 2 aromatic rings. The molecule has 2 fully saturated rings. The second kappa shape index (κ2) is 8.51. The minimum Gasteiger partial charge on any atom is -0.462 e. The second-order valence-electron chi connectivity index (χ2n) is 7.04. The fourth-order valence-electron chi connectivity index (χ4n) is 3.40. The average Bonchev–Trinajstić information content (AvgIpc) is 2.72. The topological polar surface area (TPSA) is 94.5 Å². The molecule has 154 valence electrons. The first-order chi connectivity index (χ1) is 13.9. The molecule has 0 saturated carbocycles. The largest absolute Gasteiger partial charge is 0.462 e. The summed E-state index contributed by atoms with van der Waals surface area (Å²) in [5.41, 5.74) is 1.35. The molecule has 2 aliphatic heterocycles. The predicted molar refractivity (Wildman–Crippen MR) is 105 cm³/mol. The maximum Gasteiger partial charge on any atom is 0.229 e. The van der Waals surface area contributed by atoms with Crippen LogP contribution in [0.1, 0.15) is 29.1 Å². The van der Waals surface area contributed by atoms with Crippen LogP contribution in [0.5, 0.6) is 5.75 Å². The van der Waals surface area contributed by atoms with E-state index in [4.69, 9.17) is 18.9 Å². The molecule has 0 bridgehead atoms. The summed E-state index contributed by atoms with van der Waals surface area (Å²) in [5.74, 6) is 0.356. The molecule has 0 aromatic heterocycles. The van der Waals surface area contributed by atoms with Gasteiger partial charge in [0.2, 0.25) is 6.29 Å². The lowest BCUT2D eigenvalue weighted by Gasteiger charge is -2.46. The summed E-state index contributed by atoms with van der Waals surface area (Å²) in [6.07, 6.45) is -5.65. The number of Topliss-reactive ketones (excluding diaryl/α,β-unsaturated/α-hetero) is 1. The number of hydrogen-bond donors (Lipinski definition) is 2. The average molecular weight is 465 g/mol. The van der Waals surface area contributed by atoms with E-state index in [2.05, 4.69) is 15.9 Å². The highest BCUT2D eigenvalue weighted by Gasteiger charge is 2.49. The second-order valence-corrected chi connectivity index (χ2v) is 7.96. The molecule has 0 spiro atoms. The van der Waals surface area contributed by atoms with Gasteiger partial charge in [-0.15, -0.1) is 0 Å². The first-order valence-corrected chi connectivity index (χ1v) is 10.0. The monoisotopic (exact) mass is 464 g/mol. The zero-order chi connectivity index (χ0) is 20.5. The number of halogens is 1. The molecule has 0 unspecified atom stereocenters. The van der Waals surface area contributed by atoms with Gasteiger partial charge in [0.15, 0.2) is 12.1 Å². The maximum absolute atomic E-state index is 11.4. The van der Waals surface area contributed by atoms with Crippen molar-refractivity contribution >= 4 is 21.7 Å². The van der Waals surface area contributed by atoms with Crippen molar-refractivity contribution in [2.75, 3.05) is 6.61 Å². The number of ketones is 1. The van der Waals surface area contributed by atoms with Gasteiger partial charge in [-0.1, -0.05) is 28.1 Å². The Labute approximate surface area is 176 Å². The number of carbonyl (C=O) groups excluding carboxylic acids is 1. The van der Waals surface area contributed by atoms with Crippen LogP contribution < -0.4 is 4.74 Å². The first kappa shape index (κ1) is 20.5. The quantitative estimate of drug-likeness (QED) is 0.671. The molecule has 2 aromatic carbocycles. The van der Waals surface area contributed by atoms with Gasteiger partial charge in [-0.25, -0.2) is 0 Å². The molecular weight excluding hydrogens is 444 g/mol. The third-order valence-corrected chi connectivity index (χ3v) is 5.46. The SMILES string of the molecule is CC(=O)c1ccc(O[C@H]2O[C@H]3CO[C@H](c4cccc(Br)c4)O[C@@H]3[C@@H](O)[C@@H]2O)cc1. The van der Waals surface area contributed by atoms with Crippen molar-refractivity contribution in [1.29, 1.82) is 0 Å². The van der Waals surface area contributed by atoms with Crippen LogP contribution >= 0.6 is 15.9 Å². The Kier molecular flexibility index (Phi) is 6.00. The number of aliphatic hydroxyl groups excluding tert-OH is 2. The minimum absolute atomic E-state index is 0.0553. The number of benzene rings is 2. The number of hydrogen-bond acceptors (Lipinski definition) is 7. The molecule has 0 amide bonds. The van der Waals surface area contributed by atoms with Crippen LogP contribution in [0.2, 0.25) is 0 Å². The highest BCUT2D eigenvalue weighted by Crippen LogP contribution is 2.35. The predicted octanol–water partition coefficient (Wildman–Crippen LogP) is 2.59. The summed E-state index contributed by atoms with van der Waals surface area (Å²) in [6.45, 7) is 1.65. The van der Waals surface area contributed by atoms with Crippen LogP contribution in [-0.2, 0) is 14.2 Å². The fourth-order valence-corrected chi connectivity index (χ4v) is 3.82. The summed E-state index contributed by atoms with van der Waals surface area (Å²) in [4.78, 5) is 11.4. The number of aliphatic hydroxyl groups is 2. The van der Waals surface area contributed by atoms with Crippen molar-refractivity contribution in [3.8, 4) is 5.75 Å². The van der Waals surface area contributed by atoms with E-state index in [9.17, 15) is 15.0 Å². The van der Waals surface area contributed by atoms with Gasteiger partial charge in [-0.2, -0.15) is 0 Å². The first-order valence-electron chi connectivity index (χ1n) is 9.24. The number of ether oxygens (including phenoxy) is 4. The summed E-state index contributed by atoms with van der Waals surface area (Å²) in [5, 5.41) is 21.1. The van der Waals surface area contributed by atoms with Gasteiger partial charge in [-0.05, 0) is 43.3 Å². The minimum atomic E-state index is -1.31. The summed E-state index contributed by atoms with van der Waals surface area (Å²) in [7, 11) is 0. The van der Waals surface area contributed by atoms with E-state index < -0.39 is 37.0 Å². The molecule has 8 heteroatoms. The Bertz CT molecular complexity index is 870. The zero-order valence-electron chi connectivity index (χ0n) is 15.6. The van der Waals surface area contributed by atoms with Crippen LogP contribution in [0.4, 0.5) is 0 Å². The Balaban J connectivity index is 1.44. The van der Waals surface area contributed by atoms with Crippen LogP contribution in [0.25, 0.3) is 0 Å². The number of carbonyl (C=O) groups is 1. The van der Waals surface area contributed by atoms with Crippen LogP contribution in [0.3, 0.4) is 0 Å². The van der Waals surface area contributed by atoms with Gasteiger partial charge in [0, 0.05) is 15.6 Å². The van der Waals surface area contributed by atoms with E-state index >= 15 is 0 Å². The molecule has 0 radical (unpaired) electrons. The van der Waals surface area contributed by atoms with Gasteiger partial charge in [0.25, 0.3) is 0 Å². The van der Waals surface area contributed by atoms with Gasteiger partial charge in [0.05, 0.1) is 6.61 Å².